The van der Waals surface area contributed by atoms with Crippen LogP contribution in [0.2, 0.25) is 0 Å². The quantitative estimate of drug-likeness (QED) is 0.170. The smallest absolute Gasteiger partial charge is 0.308 e. The van der Waals surface area contributed by atoms with Crippen molar-refractivity contribution in [1.82, 2.24) is 0 Å². The van der Waals surface area contributed by atoms with E-state index in [1.54, 1.807) is 0 Å². The molecule has 0 amide bonds. The Kier molecular flexibility index (Phi) is 8.70. The molecule has 0 radical (unpaired) electrons. The molecule has 2 atom stereocenters. The molecule has 234 valence electrons. The number of methoxy groups -OCH3 is 3. The average Bonchev–Trinajstić information content (AvgIpc) is 3.78. The number of aryl methyl sites for hydroxylation is 1. The molecular weight excluding hydrogens is 564 g/mol. The summed E-state index contributed by atoms with van der Waals surface area (Å²) in [6.07, 6.45) is -0.318. The van der Waals surface area contributed by atoms with Gasteiger partial charge in [-0.1, -0.05) is 0 Å². The number of hydrogen-bond acceptors (Lipinski definition) is 12. The maximum absolute atomic E-state index is 13.3. The van der Waals surface area contributed by atoms with Crippen molar-refractivity contribution in [3.05, 3.63) is 28.3 Å². The van der Waals surface area contributed by atoms with E-state index in [1.807, 2.05) is 19.9 Å². The number of ketones is 1. The van der Waals surface area contributed by atoms with E-state index in [0.717, 1.165) is 5.56 Å². The predicted octanol–water partition coefficient (Wildman–Crippen LogP) is 3.70. The first-order valence-electron chi connectivity index (χ1n) is 14.2. The van der Waals surface area contributed by atoms with Crippen LogP contribution in [0, 0.1) is 13.8 Å². The summed E-state index contributed by atoms with van der Waals surface area (Å²) in [5.74, 6) is -2.39. The third-order valence-corrected chi connectivity index (χ3v) is 8.29. The molecule has 1 aliphatic carbocycles. The summed E-state index contributed by atoms with van der Waals surface area (Å²) < 4.78 is 53.6. The first-order valence-corrected chi connectivity index (χ1v) is 14.2. The standard InChI is InChI=1S/C31H38O12/c1-16-14-21-24(27(41-18(3)32)23-20(26(21)35-5)10-8-11-22(23)34)25(17(16)2)43-28(42-19(4)33)30(15-40-30)31(36-6,37-7)29-38-12-9-13-39-29/h14,28-29H,8-13,15H2,1-7H3/t28-,30+/m1/s1. The highest BCUT2D eigenvalue weighted by molar-refractivity contribution is 6.12. The lowest BCUT2D eigenvalue weighted by molar-refractivity contribution is -0.385. The number of benzene rings is 2. The molecule has 0 saturated carbocycles. The summed E-state index contributed by atoms with van der Waals surface area (Å²) in [5.41, 5.74) is 0.868. The maximum Gasteiger partial charge on any atom is 0.308 e. The van der Waals surface area contributed by atoms with Gasteiger partial charge in [-0.15, -0.1) is 0 Å². The van der Waals surface area contributed by atoms with E-state index in [9.17, 15) is 14.4 Å². The van der Waals surface area contributed by atoms with Crippen molar-refractivity contribution in [2.75, 3.05) is 41.2 Å². The van der Waals surface area contributed by atoms with E-state index in [-0.39, 0.29) is 35.9 Å². The van der Waals surface area contributed by atoms with Gasteiger partial charge in [-0.05, 0) is 50.3 Å². The van der Waals surface area contributed by atoms with Crippen LogP contribution in [0.15, 0.2) is 6.07 Å². The lowest BCUT2D eigenvalue weighted by atomic mass is 9.85. The second kappa shape index (κ2) is 12.0. The summed E-state index contributed by atoms with van der Waals surface area (Å²) in [7, 11) is 4.35. The van der Waals surface area contributed by atoms with Crippen molar-refractivity contribution < 1.29 is 57.0 Å². The van der Waals surface area contributed by atoms with Gasteiger partial charge in [0.15, 0.2) is 11.5 Å². The zero-order valence-electron chi connectivity index (χ0n) is 25.6. The van der Waals surface area contributed by atoms with Crippen molar-refractivity contribution in [1.29, 1.82) is 0 Å². The maximum atomic E-state index is 13.3. The number of carbonyl (C=O) groups excluding carboxylic acids is 3. The lowest BCUT2D eigenvalue weighted by Crippen LogP contribution is -2.65. The lowest BCUT2D eigenvalue weighted by Gasteiger charge is -2.44. The number of Topliss-reactive ketones (excluding diaryl/α,β-unsaturated/α-hetero) is 1. The van der Waals surface area contributed by atoms with Crippen molar-refractivity contribution >= 4 is 28.5 Å². The highest BCUT2D eigenvalue weighted by Gasteiger charge is 2.75. The van der Waals surface area contributed by atoms with Gasteiger partial charge in [0.25, 0.3) is 12.1 Å². The fraction of sp³-hybridized carbons (Fsp3) is 0.581. The molecule has 0 spiro atoms. The first kappa shape index (κ1) is 31.1. The molecule has 2 heterocycles. The Balaban J connectivity index is 1.76. The van der Waals surface area contributed by atoms with Crippen molar-refractivity contribution in [2.24, 2.45) is 0 Å². The van der Waals surface area contributed by atoms with E-state index in [4.69, 9.17) is 42.6 Å². The van der Waals surface area contributed by atoms with Gasteiger partial charge in [0.1, 0.15) is 11.5 Å². The molecule has 2 fully saturated rings. The Morgan fingerprint density at radius 1 is 0.977 bits per heavy atom. The largest absolute Gasteiger partial charge is 0.496 e. The number of fused-ring (bicyclic) bond motifs is 2. The fourth-order valence-electron chi connectivity index (χ4n) is 6.12. The molecule has 43 heavy (non-hydrogen) atoms. The molecule has 12 nitrogen and oxygen atoms in total. The summed E-state index contributed by atoms with van der Waals surface area (Å²) >= 11 is 0. The van der Waals surface area contributed by atoms with Crippen LogP contribution < -0.4 is 14.2 Å². The number of esters is 2. The second-order valence-electron chi connectivity index (χ2n) is 10.9. The Morgan fingerprint density at radius 3 is 2.21 bits per heavy atom. The minimum absolute atomic E-state index is 0.00660. The fourth-order valence-corrected chi connectivity index (χ4v) is 6.12. The van der Waals surface area contributed by atoms with Crippen molar-refractivity contribution in [3.8, 4) is 17.2 Å². The minimum atomic E-state index is -1.70. The zero-order valence-corrected chi connectivity index (χ0v) is 25.6. The van der Waals surface area contributed by atoms with Crippen LogP contribution in [-0.4, -0.2) is 82.8 Å². The number of rotatable bonds is 10. The summed E-state index contributed by atoms with van der Waals surface area (Å²) in [5, 5.41) is 0.893. The molecule has 2 saturated heterocycles. The third-order valence-electron chi connectivity index (χ3n) is 8.29. The topological polar surface area (TPSA) is 138 Å². The Morgan fingerprint density at radius 2 is 1.65 bits per heavy atom. The van der Waals surface area contributed by atoms with Gasteiger partial charge in [-0.3, -0.25) is 14.4 Å². The molecular formula is C31H38O12. The van der Waals surface area contributed by atoms with Crippen molar-refractivity contribution in [3.63, 3.8) is 0 Å². The third kappa shape index (κ3) is 5.14. The number of carbonyl (C=O) groups is 3. The highest BCUT2D eigenvalue weighted by Crippen LogP contribution is 2.53. The number of epoxide rings is 1. The molecule has 0 bridgehead atoms. The van der Waals surface area contributed by atoms with Crippen molar-refractivity contribution in [2.45, 2.75) is 77.3 Å². The van der Waals surface area contributed by atoms with E-state index in [0.29, 0.717) is 60.1 Å². The van der Waals surface area contributed by atoms with Crippen LogP contribution in [0.4, 0.5) is 0 Å². The monoisotopic (exact) mass is 602 g/mol. The first-order chi connectivity index (χ1) is 20.5. The summed E-state index contributed by atoms with van der Waals surface area (Å²) in [6, 6.07) is 1.89. The zero-order chi connectivity index (χ0) is 31.1. The summed E-state index contributed by atoms with van der Waals surface area (Å²) in [6.45, 7) is 6.99. The average molecular weight is 603 g/mol. The SMILES string of the molecule is COc1c2c(c(OC(C)=O)c3c(O[C@@H](OC(C)=O)[C@]4(C(OC)(OC)C5OCCCO5)CO4)c(C)c(C)cc13)C(=O)CCC2. The minimum Gasteiger partial charge on any atom is -0.496 e. The highest BCUT2D eigenvalue weighted by atomic mass is 16.8. The number of ether oxygens (including phenoxy) is 9. The molecule has 2 aliphatic heterocycles. The van der Waals surface area contributed by atoms with Gasteiger partial charge < -0.3 is 42.6 Å². The predicted molar refractivity (Wildman–Crippen MR) is 150 cm³/mol. The normalized spacial score (nSPS) is 21.2. The molecule has 12 heteroatoms. The van der Waals surface area contributed by atoms with Gasteiger partial charge in [0.2, 0.25) is 11.9 Å². The number of hydrogen-bond donors (Lipinski definition) is 0. The van der Waals surface area contributed by atoms with Gasteiger partial charge >= 0.3 is 11.9 Å². The van der Waals surface area contributed by atoms with Crippen LogP contribution in [-0.2, 0) is 44.4 Å². The molecule has 3 aliphatic rings. The molecule has 2 aromatic rings. The van der Waals surface area contributed by atoms with Crippen LogP contribution in [0.25, 0.3) is 10.8 Å². The van der Waals surface area contributed by atoms with Gasteiger partial charge in [-0.2, -0.15) is 0 Å². The molecule has 0 unspecified atom stereocenters. The Bertz CT molecular complexity index is 1430. The van der Waals surface area contributed by atoms with Crippen LogP contribution in [0.3, 0.4) is 0 Å². The van der Waals surface area contributed by atoms with E-state index >= 15 is 0 Å². The van der Waals surface area contributed by atoms with Crippen LogP contribution in [0.5, 0.6) is 17.2 Å². The molecule has 2 aromatic carbocycles. The summed E-state index contributed by atoms with van der Waals surface area (Å²) in [4.78, 5) is 38.3. The van der Waals surface area contributed by atoms with Gasteiger partial charge in [0, 0.05) is 45.4 Å². The molecule has 0 N–H and O–H groups in total. The van der Waals surface area contributed by atoms with E-state index in [2.05, 4.69) is 0 Å². The van der Waals surface area contributed by atoms with Gasteiger partial charge in [0.05, 0.1) is 37.9 Å². The molecule has 5 rings (SSSR count). The Labute approximate surface area is 249 Å². The molecule has 0 aromatic heterocycles. The van der Waals surface area contributed by atoms with E-state index in [1.165, 1.54) is 35.2 Å². The second-order valence-corrected chi connectivity index (χ2v) is 10.9. The Hall–Kier alpha value is -3.29. The van der Waals surface area contributed by atoms with Crippen LogP contribution >= 0.6 is 0 Å². The van der Waals surface area contributed by atoms with E-state index < -0.39 is 35.9 Å². The van der Waals surface area contributed by atoms with Crippen LogP contribution in [0.1, 0.15) is 60.2 Å². The van der Waals surface area contributed by atoms with Gasteiger partial charge in [-0.25, -0.2) is 0 Å².